The minimum atomic E-state index is 0.272. The number of aryl methyl sites for hydroxylation is 1. The van der Waals surface area contributed by atoms with Crippen LogP contribution in [0.1, 0.15) is 19.8 Å². The summed E-state index contributed by atoms with van der Waals surface area (Å²) in [6.45, 7) is 4.53. The van der Waals surface area contributed by atoms with E-state index >= 15 is 0 Å². The minimum absolute atomic E-state index is 0.272. The molecule has 1 unspecified atom stereocenters. The van der Waals surface area contributed by atoms with Gasteiger partial charge in [-0.15, -0.1) is 0 Å². The molecule has 1 fully saturated rings. The third kappa shape index (κ3) is 2.77. The van der Waals surface area contributed by atoms with Gasteiger partial charge in [-0.1, -0.05) is 0 Å². The third-order valence-corrected chi connectivity index (χ3v) is 4.05. The standard InChI is InChI=1S/C15H19N7O/c1-2-21-10-18-13-14(16-9-17-15(13)21)20-11-6-19-22(7-11)8-12-4-3-5-23-12/h6-7,9-10,12H,2-5,8H2,1H3,(H,16,17,20). The van der Waals surface area contributed by atoms with E-state index in [2.05, 4.69) is 32.3 Å². The fourth-order valence-electron chi connectivity index (χ4n) is 2.87. The third-order valence-electron chi connectivity index (χ3n) is 4.05. The van der Waals surface area contributed by atoms with Gasteiger partial charge in [0.2, 0.25) is 0 Å². The van der Waals surface area contributed by atoms with E-state index in [1.54, 1.807) is 18.9 Å². The van der Waals surface area contributed by atoms with Crippen molar-refractivity contribution in [2.24, 2.45) is 0 Å². The zero-order chi connectivity index (χ0) is 15.6. The Morgan fingerprint density at radius 1 is 1.35 bits per heavy atom. The highest BCUT2D eigenvalue weighted by Crippen LogP contribution is 2.22. The molecular formula is C15H19N7O. The van der Waals surface area contributed by atoms with Crippen molar-refractivity contribution in [2.45, 2.75) is 39.0 Å². The zero-order valence-corrected chi connectivity index (χ0v) is 13.0. The normalized spacial score (nSPS) is 17.9. The number of hydrogen-bond acceptors (Lipinski definition) is 6. The lowest BCUT2D eigenvalue weighted by Crippen LogP contribution is -2.15. The highest BCUT2D eigenvalue weighted by atomic mass is 16.5. The molecule has 3 aromatic heterocycles. The summed E-state index contributed by atoms with van der Waals surface area (Å²) in [5, 5.41) is 7.66. The zero-order valence-electron chi connectivity index (χ0n) is 13.0. The quantitative estimate of drug-likeness (QED) is 0.775. The molecule has 8 nitrogen and oxygen atoms in total. The van der Waals surface area contributed by atoms with Crippen molar-refractivity contribution in [1.82, 2.24) is 29.3 Å². The fourth-order valence-corrected chi connectivity index (χ4v) is 2.87. The molecule has 1 atom stereocenters. The fraction of sp³-hybridized carbons (Fsp3) is 0.467. The summed E-state index contributed by atoms with van der Waals surface area (Å²) in [5.74, 6) is 0.693. The van der Waals surface area contributed by atoms with E-state index in [0.717, 1.165) is 49.4 Å². The van der Waals surface area contributed by atoms with Crippen LogP contribution in [0.15, 0.2) is 25.0 Å². The number of ether oxygens (including phenoxy) is 1. The first-order valence-corrected chi connectivity index (χ1v) is 7.90. The van der Waals surface area contributed by atoms with E-state index in [4.69, 9.17) is 4.74 Å². The van der Waals surface area contributed by atoms with Gasteiger partial charge in [-0.2, -0.15) is 5.10 Å². The Kier molecular flexibility index (Phi) is 3.66. The molecular weight excluding hydrogens is 294 g/mol. The second kappa shape index (κ2) is 5.96. The summed E-state index contributed by atoms with van der Waals surface area (Å²) < 4.78 is 9.54. The maximum absolute atomic E-state index is 5.64. The van der Waals surface area contributed by atoms with Crippen molar-refractivity contribution in [2.75, 3.05) is 11.9 Å². The molecule has 3 aromatic rings. The van der Waals surface area contributed by atoms with Gasteiger partial charge in [-0.25, -0.2) is 15.0 Å². The summed E-state index contributed by atoms with van der Waals surface area (Å²) in [4.78, 5) is 13.0. The summed E-state index contributed by atoms with van der Waals surface area (Å²) in [7, 11) is 0. The molecule has 0 spiro atoms. The molecule has 23 heavy (non-hydrogen) atoms. The molecule has 0 amide bonds. The first-order chi connectivity index (χ1) is 11.3. The first kappa shape index (κ1) is 14.1. The monoisotopic (exact) mass is 313 g/mol. The number of nitrogens with one attached hydrogen (secondary N) is 1. The van der Waals surface area contributed by atoms with E-state index in [0.29, 0.717) is 5.82 Å². The van der Waals surface area contributed by atoms with E-state index in [1.165, 1.54) is 0 Å². The van der Waals surface area contributed by atoms with Crippen molar-refractivity contribution in [3.63, 3.8) is 0 Å². The van der Waals surface area contributed by atoms with Crippen LogP contribution in [0.4, 0.5) is 11.5 Å². The molecule has 0 radical (unpaired) electrons. The maximum atomic E-state index is 5.64. The number of anilines is 2. The Morgan fingerprint density at radius 2 is 2.30 bits per heavy atom. The van der Waals surface area contributed by atoms with Crippen molar-refractivity contribution >= 4 is 22.7 Å². The van der Waals surface area contributed by atoms with Gasteiger partial charge in [-0.05, 0) is 19.8 Å². The Labute approximate surface area is 133 Å². The van der Waals surface area contributed by atoms with E-state index in [1.807, 2.05) is 15.4 Å². The topological polar surface area (TPSA) is 82.7 Å². The van der Waals surface area contributed by atoms with E-state index < -0.39 is 0 Å². The average molecular weight is 313 g/mol. The lowest BCUT2D eigenvalue weighted by atomic mass is 10.2. The molecule has 120 valence electrons. The lowest BCUT2D eigenvalue weighted by molar-refractivity contribution is 0.0940. The number of imidazole rings is 1. The Morgan fingerprint density at radius 3 is 3.13 bits per heavy atom. The molecule has 0 bridgehead atoms. The predicted octanol–water partition coefficient (Wildman–Crippen LogP) is 1.97. The first-order valence-electron chi connectivity index (χ1n) is 7.90. The van der Waals surface area contributed by atoms with Gasteiger partial charge in [0.25, 0.3) is 0 Å². The molecule has 0 saturated carbocycles. The minimum Gasteiger partial charge on any atom is -0.376 e. The van der Waals surface area contributed by atoms with E-state index in [-0.39, 0.29) is 6.10 Å². The smallest absolute Gasteiger partial charge is 0.165 e. The number of aromatic nitrogens is 6. The highest BCUT2D eigenvalue weighted by molar-refractivity contribution is 5.84. The van der Waals surface area contributed by atoms with Gasteiger partial charge in [0.1, 0.15) is 6.33 Å². The molecule has 4 rings (SSSR count). The van der Waals surface area contributed by atoms with Crippen LogP contribution in [0.25, 0.3) is 11.2 Å². The summed E-state index contributed by atoms with van der Waals surface area (Å²) in [5.41, 5.74) is 2.48. The van der Waals surface area contributed by atoms with Crippen LogP contribution in [0.3, 0.4) is 0 Å². The van der Waals surface area contributed by atoms with Gasteiger partial charge >= 0.3 is 0 Å². The number of rotatable bonds is 5. The second-order valence-electron chi connectivity index (χ2n) is 5.64. The average Bonchev–Trinajstić information content (AvgIpc) is 3.29. The molecule has 1 aliphatic heterocycles. The molecule has 0 aliphatic carbocycles. The summed E-state index contributed by atoms with van der Waals surface area (Å²) in [6.07, 6.45) is 9.60. The van der Waals surface area contributed by atoms with Gasteiger partial charge in [0.15, 0.2) is 17.0 Å². The Bertz CT molecular complexity index is 803. The summed E-state index contributed by atoms with van der Waals surface area (Å²) >= 11 is 0. The van der Waals surface area contributed by atoms with Crippen LogP contribution in [-0.2, 0) is 17.8 Å². The van der Waals surface area contributed by atoms with Crippen molar-refractivity contribution in [3.05, 3.63) is 25.0 Å². The molecule has 0 aromatic carbocycles. The van der Waals surface area contributed by atoms with Crippen LogP contribution >= 0.6 is 0 Å². The summed E-state index contributed by atoms with van der Waals surface area (Å²) in [6, 6.07) is 0. The van der Waals surface area contributed by atoms with E-state index in [9.17, 15) is 0 Å². The van der Waals surface area contributed by atoms with Crippen LogP contribution < -0.4 is 5.32 Å². The molecule has 1 N–H and O–H groups in total. The van der Waals surface area contributed by atoms with Crippen LogP contribution in [0.2, 0.25) is 0 Å². The molecule has 1 saturated heterocycles. The number of hydrogen-bond donors (Lipinski definition) is 1. The van der Waals surface area contributed by atoms with Gasteiger partial charge in [0, 0.05) is 19.3 Å². The van der Waals surface area contributed by atoms with Crippen LogP contribution in [-0.4, -0.2) is 42.0 Å². The molecule has 8 heteroatoms. The van der Waals surface area contributed by atoms with Gasteiger partial charge < -0.3 is 14.6 Å². The van der Waals surface area contributed by atoms with Crippen molar-refractivity contribution < 1.29 is 4.74 Å². The predicted molar refractivity (Wildman–Crippen MR) is 85.5 cm³/mol. The Hall–Kier alpha value is -2.48. The molecule has 1 aliphatic rings. The van der Waals surface area contributed by atoms with Gasteiger partial charge in [0.05, 0.1) is 30.9 Å². The maximum Gasteiger partial charge on any atom is 0.165 e. The number of fused-ring (bicyclic) bond motifs is 1. The number of nitrogens with zero attached hydrogens (tertiary/aromatic N) is 6. The SMILES string of the molecule is CCn1cnc2c(Nc3cnn(CC4CCCO4)c3)ncnc21. The van der Waals surface area contributed by atoms with Crippen molar-refractivity contribution in [3.8, 4) is 0 Å². The largest absolute Gasteiger partial charge is 0.376 e. The Balaban J connectivity index is 1.54. The second-order valence-corrected chi connectivity index (χ2v) is 5.64. The van der Waals surface area contributed by atoms with Crippen molar-refractivity contribution in [1.29, 1.82) is 0 Å². The van der Waals surface area contributed by atoms with Crippen LogP contribution in [0, 0.1) is 0 Å². The highest BCUT2D eigenvalue weighted by Gasteiger charge is 2.16. The van der Waals surface area contributed by atoms with Crippen LogP contribution in [0.5, 0.6) is 0 Å². The van der Waals surface area contributed by atoms with Gasteiger partial charge in [-0.3, -0.25) is 4.68 Å². The lowest BCUT2D eigenvalue weighted by Gasteiger charge is -2.08. The molecule has 4 heterocycles.